The maximum absolute atomic E-state index is 12.7. The zero-order valence-electron chi connectivity index (χ0n) is 14.1. The molecule has 1 heterocycles. The average molecular weight is 391 g/mol. The fourth-order valence-electron chi connectivity index (χ4n) is 2.40. The number of carbonyl (C=O) groups excluding carboxylic acids is 2. The molecule has 2 amide bonds. The normalized spacial score (nSPS) is 16.9. The first-order chi connectivity index (χ1) is 12.3. The lowest BCUT2D eigenvalue weighted by Crippen LogP contribution is -2.28. The van der Waals surface area contributed by atoms with Gasteiger partial charge < -0.3 is 10.6 Å². The van der Waals surface area contributed by atoms with E-state index in [0.29, 0.717) is 11.4 Å². The van der Waals surface area contributed by atoms with Gasteiger partial charge in [0.05, 0.1) is 16.3 Å². The second-order valence-corrected chi connectivity index (χ2v) is 8.31. The van der Waals surface area contributed by atoms with Crippen molar-refractivity contribution in [3.63, 3.8) is 0 Å². The molecule has 0 spiro atoms. The van der Waals surface area contributed by atoms with Crippen LogP contribution in [0.15, 0.2) is 52.3 Å². The lowest BCUT2D eigenvalue weighted by atomic mass is 10.1. The summed E-state index contributed by atoms with van der Waals surface area (Å²) in [5.74, 6) is -1.80. The molecule has 26 heavy (non-hydrogen) atoms. The second kappa shape index (κ2) is 7.00. The molecular weight excluding hydrogens is 374 g/mol. The number of fused-ring (bicyclic) bond motifs is 1. The third-order valence-corrected chi connectivity index (χ3v) is 6.03. The molecule has 136 valence electrons. The number of sulfonamides is 1. The molecule has 9 heteroatoms. The Morgan fingerprint density at radius 3 is 2.38 bits per heavy atom. The van der Waals surface area contributed by atoms with Gasteiger partial charge in [-0.3, -0.25) is 14.3 Å². The van der Waals surface area contributed by atoms with Crippen molar-refractivity contribution in [2.24, 2.45) is 5.92 Å². The van der Waals surface area contributed by atoms with Crippen LogP contribution in [0.3, 0.4) is 0 Å². The maximum Gasteiger partial charge on any atom is 0.261 e. The molecule has 1 atom stereocenters. The Kier molecular flexibility index (Phi) is 4.92. The van der Waals surface area contributed by atoms with Crippen molar-refractivity contribution in [1.29, 1.82) is 0 Å². The molecule has 0 bridgehead atoms. The van der Waals surface area contributed by atoms with E-state index in [2.05, 4.69) is 15.4 Å². The van der Waals surface area contributed by atoms with Crippen molar-refractivity contribution < 1.29 is 18.0 Å². The minimum absolute atomic E-state index is 0.0186. The first-order valence-corrected chi connectivity index (χ1v) is 10.4. The van der Waals surface area contributed by atoms with E-state index in [1.807, 2.05) is 12.3 Å². The highest BCUT2D eigenvalue weighted by Crippen LogP contribution is 2.30. The number of nitrogens with one attached hydrogen (secondary N) is 3. The van der Waals surface area contributed by atoms with Crippen molar-refractivity contribution >= 4 is 50.7 Å². The number of rotatable bonds is 4. The van der Waals surface area contributed by atoms with Crippen LogP contribution >= 0.6 is 11.8 Å². The van der Waals surface area contributed by atoms with Gasteiger partial charge in [0.25, 0.3) is 10.0 Å². The van der Waals surface area contributed by atoms with Crippen molar-refractivity contribution in [2.75, 3.05) is 21.6 Å². The Morgan fingerprint density at radius 2 is 1.69 bits per heavy atom. The molecule has 0 fully saturated rings. The van der Waals surface area contributed by atoms with Crippen LogP contribution in [0.25, 0.3) is 0 Å². The number of benzene rings is 2. The summed E-state index contributed by atoms with van der Waals surface area (Å²) in [5.41, 5.74) is 1.04. The molecule has 2 aromatic rings. The highest BCUT2D eigenvalue weighted by Gasteiger charge is 2.27. The number of thioether (sulfide) groups is 1. The standard InChI is InChI=1S/C17H17N3O4S2/c1-10-16(21)18-14-7-6-13(9-15(14)19-17(10)22)26(23,24)20-11-4-3-5-12(8-11)25-2/h3-10,20H,1-2H3,(H,18,21)(H,19,22)/t10-/m1/s1. The Hall–Kier alpha value is -2.52. The van der Waals surface area contributed by atoms with Crippen LogP contribution in [0.5, 0.6) is 0 Å². The van der Waals surface area contributed by atoms with Gasteiger partial charge in [-0.25, -0.2) is 8.42 Å². The first-order valence-electron chi connectivity index (χ1n) is 7.73. The molecule has 1 aliphatic heterocycles. The lowest BCUT2D eigenvalue weighted by molar-refractivity contribution is -0.128. The monoisotopic (exact) mass is 391 g/mol. The van der Waals surface area contributed by atoms with Crippen LogP contribution in [0.2, 0.25) is 0 Å². The quantitative estimate of drug-likeness (QED) is 0.549. The van der Waals surface area contributed by atoms with Gasteiger partial charge in [-0.1, -0.05) is 6.07 Å². The Labute approximate surface area is 155 Å². The number of amides is 2. The molecule has 0 aliphatic carbocycles. The molecule has 0 radical (unpaired) electrons. The van der Waals surface area contributed by atoms with Crippen LogP contribution < -0.4 is 15.4 Å². The zero-order chi connectivity index (χ0) is 18.9. The van der Waals surface area contributed by atoms with E-state index in [1.165, 1.54) is 36.9 Å². The van der Waals surface area contributed by atoms with E-state index in [0.717, 1.165) is 4.90 Å². The highest BCUT2D eigenvalue weighted by molar-refractivity contribution is 7.98. The predicted octanol–water partition coefficient (Wildman–Crippen LogP) is 2.74. The Balaban J connectivity index is 1.93. The first kappa shape index (κ1) is 18.3. The molecule has 0 saturated carbocycles. The zero-order valence-corrected chi connectivity index (χ0v) is 15.7. The summed E-state index contributed by atoms with van der Waals surface area (Å²) >= 11 is 1.50. The molecule has 0 saturated heterocycles. The lowest BCUT2D eigenvalue weighted by Gasteiger charge is -2.12. The predicted molar refractivity (Wildman–Crippen MR) is 102 cm³/mol. The molecule has 3 N–H and O–H groups in total. The van der Waals surface area contributed by atoms with E-state index < -0.39 is 27.8 Å². The minimum atomic E-state index is -3.85. The topological polar surface area (TPSA) is 104 Å². The summed E-state index contributed by atoms with van der Waals surface area (Å²) in [6.45, 7) is 1.48. The number of carbonyl (C=O) groups is 2. The van der Waals surface area contributed by atoms with Crippen molar-refractivity contribution in [2.45, 2.75) is 16.7 Å². The summed E-state index contributed by atoms with van der Waals surface area (Å²) < 4.78 is 27.8. The largest absolute Gasteiger partial charge is 0.324 e. The van der Waals surface area contributed by atoms with Crippen molar-refractivity contribution in [1.82, 2.24) is 0 Å². The average Bonchev–Trinajstić information content (AvgIpc) is 2.71. The fourth-order valence-corrected chi connectivity index (χ4v) is 3.94. The smallest absolute Gasteiger partial charge is 0.261 e. The van der Waals surface area contributed by atoms with Crippen LogP contribution in [0.1, 0.15) is 6.92 Å². The van der Waals surface area contributed by atoms with E-state index in [4.69, 9.17) is 0 Å². The van der Waals surface area contributed by atoms with Crippen molar-refractivity contribution in [3.8, 4) is 0 Å². The van der Waals surface area contributed by atoms with E-state index in [-0.39, 0.29) is 10.6 Å². The van der Waals surface area contributed by atoms with Gasteiger partial charge in [0.15, 0.2) is 0 Å². The van der Waals surface area contributed by atoms with Gasteiger partial charge in [0.2, 0.25) is 11.8 Å². The SMILES string of the molecule is CSc1cccc(NS(=O)(=O)c2ccc3c(c2)NC(=O)[C@H](C)C(=O)N3)c1. The third kappa shape index (κ3) is 3.68. The van der Waals surface area contributed by atoms with E-state index in [1.54, 1.807) is 18.2 Å². The van der Waals surface area contributed by atoms with Gasteiger partial charge in [0, 0.05) is 10.6 Å². The molecule has 0 unspecified atom stereocenters. The third-order valence-electron chi connectivity index (χ3n) is 3.93. The Morgan fingerprint density at radius 1 is 1.00 bits per heavy atom. The summed E-state index contributed by atoms with van der Waals surface area (Å²) in [6.07, 6.45) is 1.90. The van der Waals surface area contributed by atoms with Crippen molar-refractivity contribution in [3.05, 3.63) is 42.5 Å². The molecule has 2 aromatic carbocycles. The highest BCUT2D eigenvalue weighted by atomic mass is 32.2. The summed E-state index contributed by atoms with van der Waals surface area (Å²) in [7, 11) is -3.85. The number of hydrogen-bond donors (Lipinski definition) is 3. The van der Waals surface area contributed by atoms with Crippen LogP contribution in [0, 0.1) is 5.92 Å². The van der Waals surface area contributed by atoms with Crippen LogP contribution in [-0.4, -0.2) is 26.5 Å². The van der Waals surface area contributed by atoms with Gasteiger partial charge in [0.1, 0.15) is 5.92 Å². The molecule has 3 rings (SSSR count). The maximum atomic E-state index is 12.7. The van der Waals surface area contributed by atoms with Gasteiger partial charge in [-0.2, -0.15) is 0 Å². The van der Waals surface area contributed by atoms with E-state index in [9.17, 15) is 18.0 Å². The summed E-state index contributed by atoms with van der Waals surface area (Å²) in [4.78, 5) is 24.7. The summed E-state index contributed by atoms with van der Waals surface area (Å²) in [5, 5.41) is 5.19. The van der Waals surface area contributed by atoms with Crippen LogP contribution in [-0.2, 0) is 19.6 Å². The minimum Gasteiger partial charge on any atom is -0.324 e. The second-order valence-electron chi connectivity index (χ2n) is 5.75. The molecular formula is C17H17N3O4S2. The number of hydrogen-bond acceptors (Lipinski definition) is 5. The van der Waals surface area contributed by atoms with Gasteiger partial charge in [-0.15, -0.1) is 11.8 Å². The molecule has 0 aromatic heterocycles. The molecule has 7 nitrogen and oxygen atoms in total. The Bertz CT molecular complexity index is 989. The van der Waals surface area contributed by atoms with E-state index >= 15 is 0 Å². The molecule has 1 aliphatic rings. The number of anilines is 3. The summed E-state index contributed by atoms with van der Waals surface area (Å²) in [6, 6.07) is 11.2. The van der Waals surface area contributed by atoms with Crippen LogP contribution in [0.4, 0.5) is 17.1 Å². The van der Waals surface area contributed by atoms with Gasteiger partial charge >= 0.3 is 0 Å². The fraction of sp³-hybridized carbons (Fsp3) is 0.176. The van der Waals surface area contributed by atoms with Gasteiger partial charge in [-0.05, 0) is 49.6 Å².